The summed E-state index contributed by atoms with van der Waals surface area (Å²) in [5.74, 6) is -0.827. The quantitative estimate of drug-likeness (QED) is 0.123. The fourth-order valence-electron chi connectivity index (χ4n) is 6.37. The van der Waals surface area contributed by atoms with Gasteiger partial charge in [-0.3, -0.25) is 0 Å². The maximum absolute atomic E-state index is 13.6. The van der Waals surface area contributed by atoms with E-state index in [1.54, 1.807) is 11.4 Å². The number of carboxylic acid groups (broad SMARTS) is 1. The highest BCUT2D eigenvalue weighted by atomic mass is 16.6. The van der Waals surface area contributed by atoms with E-state index in [1.165, 1.54) is 18.2 Å². The molecule has 1 fully saturated rings. The molecule has 0 radical (unpaired) electrons. The zero-order valence-electron chi connectivity index (χ0n) is 28.7. The summed E-state index contributed by atoms with van der Waals surface area (Å²) in [5, 5.41) is 25.2. The van der Waals surface area contributed by atoms with Crippen LogP contribution in [0.1, 0.15) is 88.0 Å². The van der Waals surface area contributed by atoms with E-state index in [-0.39, 0.29) is 23.3 Å². The third-order valence-corrected chi connectivity index (χ3v) is 8.97. The van der Waals surface area contributed by atoms with E-state index in [1.807, 2.05) is 64.1 Å². The van der Waals surface area contributed by atoms with Gasteiger partial charge in [0.2, 0.25) is 0 Å². The van der Waals surface area contributed by atoms with Crippen LogP contribution in [0, 0.1) is 12.3 Å². The van der Waals surface area contributed by atoms with Crippen molar-refractivity contribution in [2.45, 2.75) is 78.9 Å². The highest BCUT2D eigenvalue weighted by Gasteiger charge is 2.38. The molecule has 0 bridgehead atoms. The number of anilines is 1. The lowest BCUT2D eigenvalue weighted by Crippen LogP contribution is -2.41. The summed E-state index contributed by atoms with van der Waals surface area (Å²) in [5.41, 5.74) is 3.93. The number of phenols is 1. The number of aromatic hydroxyl groups is 1. The molecule has 10 nitrogen and oxygen atoms in total. The average Bonchev–Trinajstić information content (AvgIpc) is 3.46. The van der Waals surface area contributed by atoms with Gasteiger partial charge in [0.1, 0.15) is 11.6 Å². The molecule has 1 aliphatic rings. The molecule has 2 aromatic heterocycles. The summed E-state index contributed by atoms with van der Waals surface area (Å²) in [4.78, 5) is 32.4. The molecule has 1 atom stereocenters. The molecule has 5 rings (SSSR count). The monoisotopic (exact) mass is 654 g/mol. The molecule has 10 heteroatoms. The lowest BCUT2D eigenvalue weighted by atomic mass is 9.76. The number of ether oxygens (including phenoxy) is 2. The smallest absolute Gasteiger partial charge is 0.340 e. The molecule has 254 valence electrons. The number of aromatic nitrogens is 3. The predicted octanol–water partition coefficient (Wildman–Crippen LogP) is 7.77. The van der Waals surface area contributed by atoms with E-state index in [4.69, 9.17) is 19.6 Å². The summed E-state index contributed by atoms with van der Waals surface area (Å²) in [6, 6.07) is 13.5. The Balaban J connectivity index is 1.66. The number of carbonyl (C=O) groups is 2. The molecule has 2 N–H and O–H groups in total. The van der Waals surface area contributed by atoms with Crippen LogP contribution in [0.5, 0.6) is 5.75 Å². The number of esters is 1. The van der Waals surface area contributed by atoms with Gasteiger partial charge < -0.3 is 24.6 Å². The number of carboxylic acids is 1. The Morgan fingerprint density at radius 3 is 2.46 bits per heavy atom. The van der Waals surface area contributed by atoms with Crippen molar-refractivity contribution >= 4 is 23.4 Å². The van der Waals surface area contributed by atoms with Gasteiger partial charge in [-0.05, 0) is 95.5 Å². The highest BCUT2D eigenvalue weighted by molar-refractivity contribution is 5.91. The van der Waals surface area contributed by atoms with Crippen LogP contribution < -0.4 is 4.90 Å². The number of carbonyl (C=O) groups excluding carboxylic acids is 1. The van der Waals surface area contributed by atoms with Gasteiger partial charge in [-0.2, -0.15) is 9.61 Å². The minimum atomic E-state index is -1.08. The standard InChI is InChI=1S/C38H46N4O6/c1-8-10-16-38(7)17-19-41(20-18-38)34-32(33(36(46)47-9-2)48-37(4,5)6)24(3)39-31-23-29(40-42(31)34)26-13-11-12-25(21-26)28-22-27(35(44)45)14-15-30(28)43/h8,11-15,21-23,33,43H,1,9-10,16-20H2,2-7H3,(H,44,45). The predicted molar refractivity (Wildman–Crippen MR) is 186 cm³/mol. The summed E-state index contributed by atoms with van der Waals surface area (Å²) >= 11 is 0. The number of fused-ring (bicyclic) bond motifs is 1. The minimum Gasteiger partial charge on any atom is -0.507 e. The number of phenolic OH excluding ortho intramolecular Hbond substituents is 1. The normalized spacial score (nSPS) is 15.3. The zero-order valence-corrected chi connectivity index (χ0v) is 28.7. The molecule has 0 amide bonds. The van der Waals surface area contributed by atoms with Gasteiger partial charge in [-0.15, -0.1) is 6.58 Å². The van der Waals surface area contributed by atoms with Crippen molar-refractivity contribution in [2.75, 3.05) is 24.6 Å². The van der Waals surface area contributed by atoms with Gasteiger partial charge in [0, 0.05) is 36.0 Å². The van der Waals surface area contributed by atoms with E-state index < -0.39 is 23.6 Å². The fourth-order valence-corrected chi connectivity index (χ4v) is 6.37. The molecule has 48 heavy (non-hydrogen) atoms. The molecule has 0 spiro atoms. The number of allylic oxidation sites excluding steroid dienone is 1. The second kappa shape index (κ2) is 13.8. The number of nitrogens with zero attached hydrogens (tertiary/aromatic N) is 4. The van der Waals surface area contributed by atoms with Gasteiger partial charge in [-0.1, -0.05) is 31.2 Å². The first-order chi connectivity index (χ1) is 22.7. The van der Waals surface area contributed by atoms with Crippen LogP contribution in [0.3, 0.4) is 0 Å². The van der Waals surface area contributed by atoms with Crippen molar-refractivity contribution in [2.24, 2.45) is 5.41 Å². The Morgan fingerprint density at radius 1 is 1.10 bits per heavy atom. The molecule has 1 unspecified atom stereocenters. The third kappa shape index (κ3) is 7.39. The lowest BCUT2D eigenvalue weighted by molar-refractivity contribution is -0.166. The summed E-state index contributed by atoms with van der Waals surface area (Å²) in [6.07, 6.45) is 4.90. The Kier molecular flexibility index (Phi) is 9.96. The van der Waals surface area contributed by atoms with Crippen molar-refractivity contribution in [1.29, 1.82) is 0 Å². The Bertz CT molecular complexity index is 1830. The number of aromatic carboxylic acids is 1. The lowest BCUT2D eigenvalue weighted by Gasteiger charge is -2.41. The van der Waals surface area contributed by atoms with Crippen LogP contribution >= 0.6 is 0 Å². The average molecular weight is 655 g/mol. The van der Waals surface area contributed by atoms with Crippen LogP contribution in [0.2, 0.25) is 0 Å². The Hall–Kier alpha value is -4.70. The number of aryl methyl sites for hydroxylation is 1. The molecule has 0 aliphatic carbocycles. The highest BCUT2D eigenvalue weighted by Crippen LogP contribution is 2.42. The molecule has 3 heterocycles. The molecule has 0 saturated carbocycles. The second-order valence-corrected chi connectivity index (χ2v) is 13.8. The zero-order chi connectivity index (χ0) is 34.8. The number of benzene rings is 2. The molecule has 2 aromatic carbocycles. The largest absolute Gasteiger partial charge is 0.507 e. The number of rotatable bonds is 11. The number of hydrogen-bond acceptors (Lipinski definition) is 8. The number of piperidine rings is 1. The van der Waals surface area contributed by atoms with Crippen LogP contribution in [0.4, 0.5) is 5.82 Å². The first kappa shape index (κ1) is 34.6. The van der Waals surface area contributed by atoms with Crippen molar-refractivity contribution in [3.8, 4) is 28.1 Å². The topological polar surface area (TPSA) is 126 Å². The van der Waals surface area contributed by atoms with Gasteiger partial charge in [-0.25, -0.2) is 14.6 Å². The van der Waals surface area contributed by atoms with Gasteiger partial charge in [0.15, 0.2) is 11.8 Å². The van der Waals surface area contributed by atoms with E-state index in [2.05, 4.69) is 18.4 Å². The van der Waals surface area contributed by atoms with E-state index >= 15 is 0 Å². The van der Waals surface area contributed by atoms with Crippen LogP contribution in [0.25, 0.3) is 28.0 Å². The summed E-state index contributed by atoms with van der Waals surface area (Å²) in [7, 11) is 0. The van der Waals surface area contributed by atoms with Gasteiger partial charge >= 0.3 is 11.9 Å². The molecule has 1 aliphatic heterocycles. The first-order valence-electron chi connectivity index (χ1n) is 16.5. The van der Waals surface area contributed by atoms with Crippen LogP contribution in [-0.4, -0.2) is 62.0 Å². The van der Waals surface area contributed by atoms with E-state index in [0.29, 0.717) is 33.7 Å². The second-order valence-electron chi connectivity index (χ2n) is 13.8. The Labute approximate surface area is 282 Å². The molecule has 4 aromatic rings. The summed E-state index contributed by atoms with van der Waals surface area (Å²) < 4.78 is 13.8. The molecule has 1 saturated heterocycles. The maximum atomic E-state index is 13.6. The van der Waals surface area contributed by atoms with Crippen molar-refractivity contribution in [1.82, 2.24) is 14.6 Å². The van der Waals surface area contributed by atoms with Gasteiger partial charge in [0.25, 0.3) is 0 Å². The van der Waals surface area contributed by atoms with Crippen molar-refractivity contribution in [3.05, 3.63) is 78.0 Å². The van der Waals surface area contributed by atoms with Crippen LogP contribution in [0.15, 0.2) is 61.2 Å². The Morgan fingerprint density at radius 2 is 1.81 bits per heavy atom. The van der Waals surface area contributed by atoms with E-state index in [0.717, 1.165) is 50.2 Å². The molecular formula is C38H46N4O6. The first-order valence-corrected chi connectivity index (χ1v) is 16.5. The van der Waals surface area contributed by atoms with Gasteiger partial charge in [0.05, 0.1) is 29.0 Å². The summed E-state index contributed by atoms with van der Waals surface area (Å²) in [6.45, 7) is 17.4. The number of hydrogen-bond donors (Lipinski definition) is 2. The SMILES string of the molecule is C=CCCC1(C)CCN(c2c(C(OC(C)(C)C)C(=O)OCC)c(C)nc3cc(-c4cccc(-c5cc(C(=O)O)ccc5O)c4)nn23)CC1. The maximum Gasteiger partial charge on any atom is 0.340 e. The molecular weight excluding hydrogens is 608 g/mol. The fraction of sp³-hybridized carbons (Fsp3) is 0.421. The van der Waals surface area contributed by atoms with Crippen molar-refractivity contribution in [3.63, 3.8) is 0 Å². The third-order valence-electron chi connectivity index (χ3n) is 8.97. The minimum absolute atomic E-state index is 0.0228. The van der Waals surface area contributed by atoms with E-state index in [9.17, 15) is 19.8 Å². The van der Waals surface area contributed by atoms with Crippen molar-refractivity contribution < 1.29 is 29.3 Å². The van der Waals surface area contributed by atoms with Crippen LogP contribution in [-0.2, 0) is 14.3 Å².